The third-order valence-electron chi connectivity index (χ3n) is 5.62. The molecular formula is C19H28N2O3S. The molecule has 1 saturated heterocycles. The fourth-order valence-electron chi connectivity index (χ4n) is 3.78. The predicted octanol–water partition coefficient (Wildman–Crippen LogP) is 2.72. The van der Waals surface area contributed by atoms with Crippen LogP contribution in [0, 0.1) is 19.8 Å². The first-order valence-electron chi connectivity index (χ1n) is 9.26. The molecule has 1 aromatic rings. The second-order valence-corrected chi connectivity index (χ2v) is 9.25. The Balaban J connectivity index is 1.64. The monoisotopic (exact) mass is 364 g/mol. The largest absolute Gasteiger partial charge is 0.340 e. The van der Waals surface area contributed by atoms with Gasteiger partial charge in [-0.2, -0.15) is 4.31 Å². The number of benzene rings is 1. The molecule has 138 valence electrons. The second kappa shape index (κ2) is 7.46. The lowest BCUT2D eigenvalue weighted by molar-refractivity contribution is -0.137. The number of rotatable bonds is 3. The number of sulfonamides is 1. The average molecular weight is 365 g/mol. The summed E-state index contributed by atoms with van der Waals surface area (Å²) in [4.78, 5) is 14.8. The summed E-state index contributed by atoms with van der Waals surface area (Å²) in [5, 5.41) is 0. The molecule has 3 rings (SSSR count). The van der Waals surface area contributed by atoms with Gasteiger partial charge in [-0.3, -0.25) is 4.79 Å². The molecule has 1 aliphatic carbocycles. The third-order valence-corrected chi connectivity index (χ3v) is 7.52. The van der Waals surface area contributed by atoms with Gasteiger partial charge in [0.25, 0.3) is 0 Å². The molecule has 1 aromatic carbocycles. The first-order valence-corrected chi connectivity index (χ1v) is 10.7. The van der Waals surface area contributed by atoms with Crippen LogP contribution in [0.25, 0.3) is 0 Å². The maximum atomic E-state index is 12.9. The van der Waals surface area contributed by atoms with Crippen molar-refractivity contribution in [2.24, 2.45) is 5.92 Å². The first kappa shape index (κ1) is 18.4. The van der Waals surface area contributed by atoms with Crippen LogP contribution >= 0.6 is 0 Å². The van der Waals surface area contributed by atoms with Crippen molar-refractivity contribution in [3.63, 3.8) is 0 Å². The highest BCUT2D eigenvalue weighted by Gasteiger charge is 2.32. The Morgan fingerprint density at radius 1 is 0.960 bits per heavy atom. The van der Waals surface area contributed by atoms with Crippen molar-refractivity contribution in [3.05, 3.63) is 29.3 Å². The topological polar surface area (TPSA) is 57.7 Å². The molecule has 0 radical (unpaired) electrons. The molecule has 1 saturated carbocycles. The lowest BCUT2D eigenvalue weighted by Crippen LogP contribution is -2.52. The van der Waals surface area contributed by atoms with Gasteiger partial charge < -0.3 is 4.90 Å². The number of nitrogens with zero attached hydrogens (tertiary/aromatic N) is 2. The van der Waals surface area contributed by atoms with E-state index in [9.17, 15) is 13.2 Å². The fourth-order valence-corrected chi connectivity index (χ4v) is 5.29. The molecule has 25 heavy (non-hydrogen) atoms. The summed E-state index contributed by atoms with van der Waals surface area (Å²) in [6.45, 7) is 5.66. The van der Waals surface area contributed by atoms with E-state index in [4.69, 9.17) is 0 Å². The first-order chi connectivity index (χ1) is 11.9. The van der Waals surface area contributed by atoms with E-state index in [-0.39, 0.29) is 11.8 Å². The van der Waals surface area contributed by atoms with Crippen LogP contribution in [0.2, 0.25) is 0 Å². The minimum Gasteiger partial charge on any atom is -0.340 e. The Labute approximate surface area is 151 Å². The van der Waals surface area contributed by atoms with Crippen LogP contribution in [0.5, 0.6) is 0 Å². The molecule has 1 aliphatic heterocycles. The maximum absolute atomic E-state index is 12.9. The zero-order chi connectivity index (χ0) is 18.0. The van der Waals surface area contributed by atoms with Gasteiger partial charge in [0.15, 0.2) is 0 Å². The van der Waals surface area contributed by atoms with Crippen LogP contribution in [-0.4, -0.2) is 49.7 Å². The Hall–Kier alpha value is -1.40. The van der Waals surface area contributed by atoms with Crippen molar-refractivity contribution in [3.8, 4) is 0 Å². The van der Waals surface area contributed by atoms with Gasteiger partial charge >= 0.3 is 0 Å². The minimum atomic E-state index is -3.48. The summed E-state index contributed by atoms with van der Waals surface area (Å²) in [5.74, 6) is 0.375. The van der Waals surface area contributed by atoms with Crippen molar-refractivity contribution in [2.75, 3.05) is 26.2 Å². The molecule has 1 amide bonds. The van der Waals surface area contributed by atoms with Crippen LogP contribution in [-0.2, 0) is 14.8 Å². The lowest BCUT2D eigenvalue weighted by atomic mass is 9.88. The molecule has 0 unspecified atom stereocenters. The van der Waals surface area contributed by atoms with E-state index in [1.165, 1.54) is 10.7 Å². The normalized spacial score (nSPS) is 20.6. The molecule has 6 heteroatoms. The van der Waals surface area contributed by atoms with Crippen molar-refractivity contribution < 1.29 is 13.2 Å². The summed E-state index contributed by atoms with van der Waals surface area (Å²) in [7, 11) is -3.48. The molecule has 2 aliphatic rings. The molecule has 0 atom stereocenters. The summed E-state index contributed by atoms with van der Waals surface area (Å²) in [5.41, 5.74) is 2.06. The van der Waals surface area contributed by atoms with E-state index in [0.29, 0.717) is 31.1 Å². The van der Waals surface area contributed by atoms with Crippen LogP contribution in [0.15, 0.2) is 23.1 Å². The Bertz CT molecular complexity index is 731. The Kier molecular flexibility index (Phi) is 5.49. The van der Waals surface area contributed by atoms with Crippen molar-refractivity contribution in [1.82, 2.24) is 9.21 Å². The van der Waals surface area contributed by atoms with Crippen molar-refractivity contribution in [1.29, 1.82) is 0 Å². The summed E-state index contributed by atoms with van der Waals surface area (Å²) < 4.78 is 27.2. The average Bonchev–Trinajstić information content (AvgIpc) is 2.64. The second-order valence-electron chi connectivity index (χ2n) is 7.31. The number of aryl methyl sites for hydroxylation is 2. The molecular weight excluding hydrogens is 336 g/mol. The van der Waals surface area contributed by atoms with Crippen LogP contribution in [0.4, 0.5) is 0 Å². The van der Waals surface area contributed by atoms with E-state index in [1.807, 2.05) is 24.8 Å². The number of hydrogen-bond donors (Lipinski definition) is 0. The van der Waals surface area contributed by atoms with Gasteiger partial charge in [0, 0.05) is 32.1 Å². The van der Waals surface area contributed by atoms with Gasteiger partial charge in [-0.25, -0.2) is 8.42 Å². The van der Waals surface area contributed by atoms with Crippen molar-refractivity contribution in [2.45, 2.75) is 50.8 Å². The minimum absolute atomic E-state index is 0.150. The van der Waals surface area contributed by atoms with Crippen LogP contribution in [0.3, 0.4) is 0 Å². The van der Waals surface area contributed by atoms with E-state index in [1.54, 1.807) is 12.1 Å². The summed E-state index contributed by atoms with van der Waals surface area (Å²) >= 11 is 0. The van der Waals surface area contributed by atoms with Gasteiger partial charge in [-0.15, -0.1) is 0 Å². The Morgan fingerprint density at radius 3 is 2.20 bits per heavy atom. The van der Waals surface area contributed by atoms with E-state index < -0.39 is 10.0 Å². The molecule has 0 spiro atoms. The van der Waals surface area contributed by atoms with Crippen LogP contribution in [0.1, 0.15) is 43.2 Å². The summed E-state index contributed by atoms with van der Waals surface area (Å²) in [6, 6.07) is 5.27. The SMILES string of the molecule is Cc1ccc(S(=O)(=O)N2CCN(C(=O)C3CCCCC3)CC2)cc1C. The Morgan fingerprint density at radius 2 is 1.60 bits per heavy atom. The fraction of sp³-hybridized carbons (Fsp3) is 0.632. The maximum Gasteiger partial charge on any atom is 0.243 e. The number of carbonyl (C=O) groups is 1. The molecule has 0 N–H and O–H groups in total. The zero-order valence-electron chi connectivity index (χ0n) is 15.2. The third kappa shape index (κ3) is 3.90. The number of amides is 1. The molecule has 0 bridgehead atoms. The smallest absolute Gasteiger partial charge is 0.243 e. The van der Waals surface area contributed by atoms with Gasteiger partial charge in [0.2, 0.25) is 15.9 Å². The highest BCUT2D eigenvalue weighted by Crippen LogP contribution is 2.26. The lowest BCUT2D eigenvalue weighted by Gasteiger charge is -2.36. The van der Waals surface area contributed by atoms with Crippen LogP contribution < -0.4 is 0 Å². The highest BCUT2D eigenvalue weighted by atomic mass is 32.2. The quantitative estimate of drug-likeness (QED) is 0.829. The predicted molar refractivity (Wildman–Crippen MR) is 97.8 cm³/mol. The van der Waals surface area contributed by atoms with Gasteiger partial charge in [0.1, 0.15) is 0 Å². The molecule has 0 aromatic heterocycles. The van der Waals surface area contributed by atoms with Gasteiger partial charge in [-0.05, 0) is 49.9 Å². The molecule has 2 fully saturated rings. The number of piperazine rings is 1. The standard InChI is InChI=1S/C19H28N2O3S/c1-15-8-9-18(14-16(15)2)25(23,24)21-12-10-20(11-13-21)19(22)17-6-4-3-5-7-17/h8-9,14,17H,3-7,10-13H2,1-2H3. The number of hydrogen-bond acceptors (Lipinski definition) is 3. The highest BCUT2D eigenvalue weighted by molar-refractivity contribution is 7.89. The molecule has 1 heterocycles. The van der Waals surface area contributed by atoms with Gasteiger partial charge in [-0.1, -0.05) is 25.3 Å². The van der Waals surface area contributed by atoms with E-state index in [2.05, 4.69) is 0 Å². The zero-order valence-corrected chi connectivity index (χ0v) is 16.0. The van der Waals surface area contributed by atoms with E-state index in [0.717, 1.165) is 36.8 Å². The van der Waals surface area contributed by atoms with Crippen molar-refractivity contribution >= 4 is 15.9 Å². The van der Waals surface area contributed by atoms with E-state index >= 15 is 0 Å². The number of carbonyl (C=O) groups excluding carboxylic acids is 1. The van der Waals surface area contributed by atoms with Gasteiger partial charge in [0.05, 0.1) is 4.90 Å². The molecule has 5 nitrogen and oxygen atoms in total. The summed E-state index contributed by atoms with van der Waals surface area (Å²) in [6.07, 6.45) is 5.47.